The van der Waals surface area contributed by atoms with E-state index in [-0.39, 0.29) is 0 Å². The number of anilines is 6. The molecule has 8 aromatic carbocycles. The average molecular weight is 691 g/mol. The van der Waals surface area contributed by atoms with Crippen LogP contribution in [0.4, 0.5) is 34.1 Å². The van der Waals surface area contributed by atoms with Crippen molar-refractivity contribution in [2.75, 3.05) is 9.80 Å². The van der Waals surface area contributed by atoms with Gasteiger partial charge in [0.2, 0.25) is 0 Å². The summed E-state index contributed by atoms with van der Waals surface area (Å²) in [6, 6.07) is 72.1. The fourth-order valence-electron chi connectivity index (χ4n) is 8.44. The van der Waals surface area contributed by atoms with Gasteiger partial charge in [0.15, 0.2) is 0 Å². The molecule has 0 fully saturated rings. The van der Waals surface area contributed by atoms with Gasteiger partial charge in [0.1, 0.15) is 0 Å². The van der Waals surface area contributed by atoms with Crippen molar-refractivity contribution in [3.05, 3.63) is 206 Å². The molecule has 0 atom stereocenters. The van der Waals surface area contributed by atoms with Crippen LogP contribution in [0.2, 0.25) is 0 Å². The molecule has 2 aromatic heterocycles. The van der Waals surface area contributed by atoms with Crippen molar-refractivity contribution in [1.29, 1.82) is 0 Å². The average Bonchev–Trinajstić information content (AvgIpc) is 3.83. The molecule has 0 spiro atoms. The molecule has 0 N–H and O–H groups in total. The maximum absolute atomic E-state index is 2.44. The van der Waals surface area contributed by atoms with Crippen molar-refractivity contribution < 1.29 is 0 Å². The van der Waals surface area contributed by atoms with Crippen LogP contribution in [0.1, 0.15) is 0 Å². The van der Waals surface area contributed by atoms with Gasteiger partial charge in [0.25, 0.3) is 0 Å². The van der Waals surface area contributed by atoms with E-state index in [0.29, 0.717) is 0 Å². The molecule has 0 radical (unpaired) electrons. The van der Waals surface area contributed by atoms with Gasteiger partial charge >= 0.3 is 0 Å². The Morgan fingerprint density at radius 2 is 0.778 bits per heavy atom. The lowest BCUT2D eigenvalue weighted by atomic mass is 10.0. The molecule has 1 aliphatic heterocycles. The minimum Gasteiger partial charge on any atom is -0.316 e. The molecule has 11 rings (SSSR count). The van der Waals surface area contributed by atoms with Gasteiger partial charge in [-0.25, -0.2) is 0 Å². The van der Waals surface area contributed by atoms with E-state index in [1.165, 1.54) is 43.8 Å². The summed E-state index contributed by atoms with van der Waals surface area (Å²) in [7, 11) is 0. The van der Waals surface area contributed by atoms with Crippen molar-refractivity contribution >= 4 is 66.8 Å². The second-order valence-corrected chi connectivity index (χ2v) is 13.8. The summed E-state index contributed by atoms with van der Waals surface area (Å²) < 4.78 is 4.74. The Kier molecular flexibility index (Phi) is 6.82. The molecule has 0 saturated carbocycles. The summed E-state index contributed by atoms with van der Waals surface area (Å²) in [5.41, 5.74) is 15.1. The van der Waals surface area contributed by atoms with Gasteiger partial charge in [-0.05, 0) is 102 Å². The first-order valence-electron chi connectivity index (χ1n) is 18.4. The lowest BCUT2D eigenvalue weighted by Crippen LogP contribution is -2.23. The molecule has 54 heavy (non-hydrogen) atoms. The number of benzene rings is 8. The highest BCUT2D eigenvalue weighted by atomic mass is 15.3. The van der Waals surface area contributed by atoms with E-state index in [4.69, 9.17) is 0 Å². The first-order valence-corrected chi connectivity index (χ1v) is 18.4. The van der Waals surface area contributed by atoms with Crippen LogP contribution in [0.15, 0.2) is 206 Å². The molecule has 0 amide bonds. The number of fused-ring (bicyclic) bond motifs is 7. The van der Waals surface area contributed by atoms with E-state index in [0.717, 1.165) is 45.5 Å². The number of rotatable bonds is 5. The smallest absolute Gasteiger partial charge is 0.0703 e. The van der Waals surface area contributed by atoms with Gasteiger partial charge in [-0.1, -0.05) is 109 Å². The van der Waals surface area contributed by atoms with Gasteiger partial charge in [0, 0.05) is 45.1 Å². The fraction of sp³-hybridized carbons (Fsp3) is 0. The molecule has 4 nitrogen and oxygen atoms in total. The Hall–Kier alpha value is -7.30. The predicted molar refractivity (Wildman–Crippen MR) is 226 cm³/mol. The van der Waals surface area contributed by atoms with Crippen LogP contribution in [-0.2, 0) is 0 Å². The minimum absolute atomic E-state index is 1.11. The SMILES string of the molecule is c1ccc(-c2ccc(-n3ccc4c3ccc3c5ccccc5n(-c5ccc(N6c7ccccc7N(c7ccccc7)c7ccccc76)cc5)c34)cc2)cc1. The second-order valence-electron chi connectivity index (χ2n) is 13.8. The Morgan fingerprint density at radius 1 is 0.278 bits per heavy atom. The number of hydrogen-bond acceptors (Lipinski definition) is 2. The monoisotopic (exact) mass is 690 g/mol. The summed E-state index contributed by atoms with van der Waals surface area (Å²) in [5.74, 6) is 0. The number of nitrogens with zero attached hydrogens (tertiary/aromatic N) is 4. The van der Waals surface area contributed by atoms with Crippen LogP contribution in [-0.4, -0.2) is 9.13 Å². The van der Waals surface area contributed by atoms with Crippen molar-refractivity contribution in [3.8, 4) is 22.5 Å². The number of para-hydroxylation sites is 6. The van der Waals surface area contributed by atoms with Crippen LogP contribution in [0.5, 0.6) is 0 Å². The summed E-state index contributed by atoms with van der Waals surface area (Å²) in [6.07, 6.45) is 2.21. The van der Waals surface area contributed by atoms with Crippen molar-refractivity contribution in [1.82, 2.24) is 9.13 Å². The summed E-state index contributed by atoms with van der Waals surface area (Å²) >= 11 is 0. The molecule has 1 aliphatic rings. The molecule has 4 heteroatoms. The molecule has 10 aromatic rings. The van der Waals surface area contributed by atoms with Gasteiger partial charge in [-0.15, -0.1) is 0 Å². The molecule has 254 valence electrons. The molecule has 0 aliphatic carbocycles. The van der Waals surface area contributed by atoms with Gasteiger partial charge in [0.05, 0.1) is 39.3 Å². The second kappa shape index (κ2) is 12.1. The lowest BCUT2D eigenvalue weighted by Gasteiger charge is -2.40. The minimum atomic E-state index is 1.11. The van der Waals surface area contributed by atoms with E-state index in [1.807, 2.05) is 0 Å². The highest BCUT2D eigenvalue weighted by Crippen LogP contribution is 2.54. The van der Waals surface area contributed by atoms with E-state index in [1.54, 1.807) is 0 Å². The van der Waals surface area contributed by atoms with E-state index < -0.39 is 0 Å². The topological polar surface area (TPSA) is 16.3 Å². The third-order valence-electron chi connectivity index (χ3n) is 10.9. The van der Waals surface area contributed by atoms with Crippen LogP contribution >= 0.6 is 0 Å². The van der Waals surface area contributed by atoms with Crippen molar-refractivity contribution in [2.24, 2.45) is 0 Å². The largest absolute Gasteiger partial charge is 0.316 e. The zero-order valence-corrected chi connectivity index (χ0v) is 29.4. The van der Waals surface area contributed by atoms with Crippen LogP contribution < -0.4 is 9.80 Å². The van der Waals surface area contributed by atoms with E-state index in [9.17, 15) is 0 Å². The Bertz CT molecular complexity index is 2930. The van der Waals surface area contributed by atoms with Gasteiger partial charge in [-0.2, -0.15) is 0 Å². The maximum Gasteiger partial charge on any atom is 0.0703 e. The van der Waals surface area contributed by atoms with E-state index in [2.05, 4.69) is 225 Å². The molecule has 0 saturated heterocycles. The Labute approximate surface area is 313 Å². The Morgan fingerprint density at radius 3 is 1.43 bits per heavy atom. The predicted octanol–water partition coefficient (Wildman–Crippen LogP) is 13.6. The van der Waals surface area contributed by atoms with Crippen molar-refractivity contribution in [3.63, 3.8) is 0 Å². The van der Waals surface area contributed by atoms with Crippen molar-refractivity contribution in [2.45, 2.75) is 0 Å². The normalized spacial score (nSPS) is 12.4. The molecule has 0 unspecified atom stereocenters. The standard InChI is InChI=1S/C50H34N4/c1-3-13-35(14-4-1)36-23-25-37(26-24-36)51-34-33-43-44(51)32-31-42-41-17-7-8-18-45(41)54(50(42)43)40-29-27-39(28-30-40)53-48-21-11-9-19-46(48)52(38-15-5-2-6-16-38)47-20-10-12-22-49(47)53/h1-34H. The number of aromatic nitrogens is 2. The number of hydrogen-bond donors (Lipinski definition) is 0. The molecular weight excluding hydrogens is 657 g/mol. The zero-order valence-electron chi connectivity index (χ0n) is 29.4. The first-order chi connectivity index (χ1) is 26.8. The van der Waals surface area contributed by atoms with Crippen LogP contribution in [0.25, 0.3) is 55.2 Å². The summed E-state index contributed by atoms with van der Waals surface area (Å²) in [5, 5.41) is 3.72. The van der Waals surface area contributed by atoms with Crippen LogP contribution in [0, 0.1) is 0 Å². The van der Waals surface area contributed by atoms with Gasteiger partial charge < -0.3 is 18.9 Å². The summed E-state index contributed by atoms with van der Waals surface area (Å²) in [6.45, 7) is 0. The third kappa shape index (κ3) is 4.64. The first kappa shape index (κ1) is 30.3. The van der Waals surface area contributed by atoms with Crippen LogP contribution in [0.3, 0.4) is 0 Å². The highest BCUT2D eigenvalue weighted by Gasteiger charge is 2.30. The zero-order chi connectivity index (χ0) is 35.6. The Balaban J connectivity index is 1.04. The summed E-state index contributed by atoms with van der Waals surface area (Å²) in [4.78, 5) is 4.75. The quantitative estimate of drug-likeness (QED) is 0.179. The fourth-order valence-corrected chi connectivity index (χ4v) is 8.44. The molecule has 0 bridgehead atoms. The van der Waals surface area contributed by atoms with Gasteiger partial charge in [-0.3, -0.25) is 0 Å². The molecule has 3 heterocycles. The third-order valence-corrected chi connectivity index (χ3v) is 10.9. The van der Waals surface area contributed by atoms with E-state index >= 15 is 0 Å². The molecular formula is C50H34N4. The maximum atomic E-state index is 2.44. The lowest BCUT2D eigenvalue weighted by molar-refractivity contribution is 1.13. The highest BCUT2D eigenvalue weighted by molar-refractivity contribution is 6.18.